The molecule has 2 aromatic rings. The monoisotopic (exact) mass is 329 g/mol. The number of nitrogens with zero attached hydrogens (tertiary/aromatic N) is 1. The number of aryl methyl sites for hydroxylation is 1. The van der Waals surface area contributed by atoms with Gasteiger partial charge in [0.25, 0.3) is 15.6 Å². The van der Waals surface area contributed by atoms with Crippen LogP contribution in [-0.2, 0) is 22.9 Å². The van der Waals surface area contributed by atoms with Crippen LogP contribution in [0.1, 0.15) is 30.5 Å². The van der Waals surface area contributed by atoms with Gasteiger partial charge in [0.1, 0.15) is 0 Å². The van der Waals surface area contributed by atoms with Crippen LogP contribution in [0.2, 0.25) is 0 Å². The summed E-state index contributed by atoms with van der Waals surface area (Å²) in [7, 11) is -3.86. The third kappa shape index (κ3) is 2.65. The Hall–Kier alpha value is -2.14. The van der Waals surface area contributed by atoms with Crippen LogP contribution in [0.5, 0.6) is 0 Å². The number of hydrogen-bond acceptors (Lipinski definition) is 3. The molecule has 0 fully saturated rings. The number of hydrogen-bond donors (Lipinski definition) is 0. The van der Waals surface area contributed by atoms with Gasteiger partial charge < -0.3 is 0 Å². The highest BCUT2D eigenvalue weighted by atomic mass is 32.2. The maximum Gasteiger partial charge on any atom is 0.270 e. The van der Waals surface area contributed by atoms with E-state index in [9.17, 15) is 13.2 Å². The predicted molar refractivity (Wildman–Crippen MR) is 90.2 cm³/mol. The van der Waals surface area contributed by atoms with Crippen LogP contribution >= 0.6 is 0 Å². The zero-order chi connectivity index (χ0) is 16.8. The zero-order valence-corrected chi connectivity index (χ0v) is 14.3. The molecule has 5 heteroatoms. The van der Waals surface area contributed by atoms with Gasteiger partial charge in [-0.15, -0.1) is 0 Å². The van der Waals surface area contributed by atoms with Gasteiger partial charge in [0.05, 0.1) is 4.90 Å². The summed E-state index contributed by atoms with van der Waals surface area (Å²) >= 11 is 0. The molecule has 0 unspecified atom stereocenters. The quantitative estimate of drug-likeness (QED) is 0.796. The van der Waals surface area contributed by atoms with E-state index >= 15 is 0 Å². The van der Waals surface area contributed by atoms with Crippen molar-refractivity contribution < 1.29 is 8.42 Å². The van der Waals surface area contributed by atoms with Gasteiger partial charge >= 0.3 is 0 Å². The molecule has 3 rings (SSSR count). The highest BCUT2D eigenvalue weighted by Crippen LogP contribution is 2.24. The Labute approximate surface area is 136 Å². The summed E-state index contributed by atoms with van der Waals surface area (Å²) in [5.74, 6) is 0. The maximum atomic E-state index is 12.7. The molecule has 0 amide bonds. The second kappa shape index (κ2) is 5.49. The van der Waals surface area contributed by atoms with Crippen LogP contribution in [0.25, 0.3) is 0 Å². The highest BCUT2D eigenvalue weighted by molar-refractivity contribution is 7.90. The molecule has 0 N–H and O–H groups in total. The molecule has 0 atom stereocenters. The molecule has 1 aromatic heterocycles. The first-order valence-corrected chi connectivity index (χ1v) is 8.95. The van der Waals surface area contributed by atoms with E-state index in [0.717, 1.165) is 20.7 Å². The van der Waals surface area contributed by atoms with Crippen molar-refractivity contribution in [1.29, 1.82) is 0 Å². The van der Waals surface area contributed by atoms with E-state index in [2.05, 4.69) is 0 Å². The predicted octanol–water partition coefficient (Wildman–Crippen LogP) is 2.83. The molecule has 0 spiro atoms. The lowest BCUT2D eigenvalue weighted by atomic mass is 9.89. The van der Waals surface area contributed by atoms with Crippen molar-refractivity contribution in [2.45, 2.75) is 38.5 Å². The Balaban J connectivity index is 2.15. The van der Waals surface area contributed by atoms with E-state index in [-0.39, 0.29) is 4.90 Å². The number of benzene rings is 1. The lowest BCUT2D eigenvalue weighted by molar-refractivity contribution is 0.584. The van der Waals surface area contributed by atoms with E-state index in [4.69, 9.17) is 0 Å². The van der Waals surface area contributed by atoms with E-state index in [1.54, 1.807) is 18.2 Å². The topological polar surface area (TPSA) is 56.1 Å². The largest absolute Gasteiger partial charge is 0.270 e. The Morgan fingerprint density at radius 2 is 1.52 bits per heavy atom. The van der Waals surface area contributed by atoms with Crippen molar-refractivity contribution >= 4 is 10.0 Å². The zero-order valence-electron chi connectivity index (χ0n) is 13.5. The Bertz CT molecular complexity index is 964. The van der Waals surface area contributed by atoms with Crippen LogP contribution < -0.4 is 5.56 Å². The van der Waals surface area contributed by atoms with Gasteiger partial charge in [0.2, 0.25) is 0 Å². The minimum absolute atomic E-state index is 0.129. The van der Waals surface area contributed by atoms with Crippen molar-refractivity contribution in [1.82, 2.24) is 3.97 Å². The van der Waals surface area contributed by atoms with Gasteiger partial charge in [-0.1, -0.05) is 28.8 Å². The molecule has 0 saturated heterocycles. The number of allylic oxidation sites excluding steroid dienone is 2. The lowest BCUT2D eigenvalue weighted by Gasteiger charge is -2.19. The average Bonchev–Trinajstić information content (AvgIpc) is 2.50. The summed E-state index contributed by atoms with van der Waals surface area (Å²) < 4.78 is 26.4. The summed E-state index contributed by atoms with van der Waals surface area (Å²) in [5, 5.41) is 0. The van der Waals surface area contributed by atoms with E-state index in [1.807, 2.05) is 20.8 Å². The van der Waals surface area contributed by atoms with Gasteiger partial charge in [0, 0.05) is 11.8 Å². The number of fused-ring (bicyclic) bond motifs is 1. The maximum absolute atomic E-state index is 12.7. The van der Waals surface area contributed by atoms with Crippen LogP contribution in [0.15, 0.2) is 57.4 Å². The molecule has 1 aromatic carbocycles. The van der Waals surface area contributed by atoms with Crippen LogP contribution in [0, 0.1) is 6.92 Å². The SMILES string of the molecule is CC1=C(C)Cc2c(ccn(S(=O)(=O)c3ccc(C)cc3)c2=O)C1. The van der Waals surface area contributed by atoms with Crippen LogP contribution in [-0.4, -0.2) is 12.4 Å². The van der Waals surface area contributed by atoms with Crippen molar-refractivity contribution in [2.75, 3.05) is 0 Å². The van der Waals surface area contributed by atoms with E-state index < -0.39 is 15.6 Å². The molecule has 23 heavy (non-hydrogen) atoms. The standard InChI is InChI=1S/C18H19NO3S/c1-12-4-6-16(7-5-12)23(21,22)19-9-8-15-10-13(2)14(3)11-17(15)18(19)20/h4-9H,10-11H2,1-3H3. The smallest absolute Gasteiger partial charge is 0.268 e. The molecule has 0 saturated carbocycles. The highest BCUT2D eigenvalue weighted by Gasteiger charge is 2.23. The van der Waals surface area contributed by atoms with Crippen LogP contribution in [0.3, 0.4) is 0 Å². The summed E-state index contributed by atoms with van der Waals surface area (Å²) in [5.41, 5.74) is 4.43. The van der Waals surface area contributed by atoms with Crippen molar-refractivity contribution in [3.05, 3.63) is 74.7 Å². The summed E-state index contributed by atoms with van der Waals surface area (Å²) in [6, 6.07) is 8.27. The molecule has 1 aliphatic rings. The minimum Gasteiger partial charge on any atom is -0.268 e. The number of aromatic nitrogens is 1. The van der Waals surface area contributed by atoms with E-state index in [0.29, 0.717) is 18.4 Å². The molecule has 120 valence electrons. The lowest BCUT2D eigenvalue weighted by Crippen LogP contribution is -2.31. The van der Waals surface area contributed by atoms with Crippen LogP contribution in [0.4, 0.5) is 0 Å². The van der Waals surface area contributed by atoms with Gasteiger partial charge in [-0.2, -0.15) is 0 Å². The Morgan fingerprint density at radius 1 is 0.913 bits per heavy atom. The second-order valence-corrected chi connectivity index (χ2v) is 7.97. The van der Waals surface area contributed by atoms with Crippen molar-refractivity contribution in [2.24, 2.45) is 0 Å². The van der Waals surface area contributed by atoms with Gasteiger partial charge in [-0.05, 0) is 57.4 Å². The first-order chi connectivity index (χ1) is 10.8. The average molecular weight is 329 g/mol. The molecular formula is C18H19NO3S. The number of rotatable bonds is 2. The summed E-state index contributed by atoms with van der Waals surface area (Å²) in [6.45, 7) is 5.93. The van der Waals surface area contributed by atoms with Gasteiger partial charge in [-0.25, -0.2) is 12.4 Å². The fourth-order valence-electron chi connectivity index (χ4n) is 2.82. The molecule has 4 nitrogen and oxygen atoms in total. The summed E-state index contributed by atoms with van der Waals surface area (Å²) in [4.78, 5) is 12.8. The second-order valence-electron chi connectivity index (χ2n) is 6.15. The third-order valence-electron chi connectivity index (χ3n) is 4.46. The first kappa shape index (κ1) is 15.7. The molecule has 0 bridgehead atoms. The molecule has 0 aliphatic heterocycles. The van der Waals surface area contributed by atoms with Gasteiger partial charge in [0.15, 0.2) is 0 Å². The fraction of sp³-hybridized carbons (Fsp3) is 0.278. The van der Waals surface area contributed by atoms with Gasteiger partial charge in [-0.3, -0.25) is 4.79 Å². The summed E-state index contributed by atoms with van der Waals surface area (Å²) in [6.07, 6.45) is 2.61. The number of pyridine rings is 1. The molecule has 1 aliphatic carbocycles. The molecule has 0 radical (unpaired) electrons. The van der Waals surface area contributed by atoms with Crippen molar-refractivity contribution in [3.8, 4) is 0 Å². The normalized spacial score (nSPS) is 14.7. The third-order valence-corrected chi connectivity index (χ3v) is 6.13. The Morgan fingerprint density at radius 3 is 2.17 bits per heavy atom. The Kier molecular flexibility index (Phi) is 3.76. The van der Waals surface area contributed by atoms with Crippen molar-refractivity contribution in [3.63, 3.8) is 0 Å². The fourth-order valence-corrected chi connectivity index (χ4v) is 4.07. The van der Waals surface area contributed by atoms with E-state index in [1.165, 1.54) is 23.9 Å². The first-order valence-electron chi connectivity index (χ1n) is 7.51. The molecule has 1 heterocycles. The molecular weight excluding hydrogens is 310 g/mol. The minimum atomic E-state index is -3.86.